The highest BCUT2D eigenvalue weighted by molar-refractivity contribution is 5.93. The predicted octanol–water partition coefficient (Wildman–Crippen LogP) is 8.95. The maximum absolute atomic E-state index is 13.1. The largest absolute Gasteiger partial charge is 0.494 e. The molecule has 1 aliphatic heterocycles. The molecule has 1 heterocycles. The Bertz CT molecular complexity index is 2090. The Hall–Kier alpha value is -7.30. The summed E-state index contributed by atoms with van der Waals surface area (Å²) >= 11 is 0. The standard InChI is InChI=1S/C52H56O16/c1-3-45(53)61-33-13-9-5-7-11-31-59-41-23-15-37(16-24-41)47(55)65-43-27-19-39(20-28-43)49(57)67-51-52(64-36-35-63-51)68-50(58)40-21-29-44(30-22-40)66-48(56)38-17-25-42(26-18-38)60-32-12-8-6-10-14-34-62-46(54)4-2/h3-4,15-30,51-52H,1-2,5-14,31-36H2/t51-,52-/m0/s1. The minimum Gasteiger partial charge on any atom is -0.494 e. The number of hydrogen-bond acceptors (Lipinski definition) is 16. The molecule has 16 heteroatoms. The first kappa shape index (κ1) is 51.7. The molecule has 4 aromatic carbocycles. The van der Waals surface area contributed by atoms with E-state index in [9.17, 15) is 28.8 Å². The molecule has 0 radical (unpaired) electrons. The fourth-order valence-corrected chi connectivity index (χ4v) is 6.35. The highest BCUT2D eigenvalue weighted by Crippen LogP contribution is 2.23. The van der Waals surface area contributed by atoms with Gasteiger partial charge >= 0.3 is 35.8 Å². The van der Waals surface area contributed by atoms with Crippen molar-refractivity contribution >= 4 is 35.8 Å². The van der Waals surface area contributed by atoms with E-state index in [1.54, 1.807) is 48.5 Å². The van der Waals surface area contributed by atoms with E-state index >= 15 is 0 Å². The number of hydrogen-bond donors (Lipinski definition) is 0. The van der Waals surface area contributed by atoms with Crippen molar-refractivity contribution in [2.75, 3.05) is 39.6 Å². The summed E-state index contributed by atoms with van der Waals surface area (Å²) in [5.74, 6) is -2.03. The molecule has 0 amide bonds. The molecule has 1 aliphatic rings. The topological polar surface area (TPSA) is 195 Å². The molecule has 0 aromatic heterocycles. The van der Waals surface area contributed by atoms with E-state index in [0.717, 1.165) is 76.4 Å². The van der Waals surface area contributed by atoms with Gasteiger partial charge in [-0.25, -0.2) is 28.8 Å². The summed E-state index contributed by atoms with van der Waals surface area (Å²) in [5, 5.41) is 0. The lowest BCUT2D eigenvalue weighted by molar-refractivity contribution is -0.288. The van der Waals surface area contributed by atoms with Crippen molar-refractivity contribution in [2.24, 2.45) is 0 Å². The second-order valence-electron chi connectivity index (χ2n) is 15.1. The summed E-state index contributed by atoms with van der Waals surface area (Å²) < 4.78 is 54.5. The molecule has 0 bridgehead atoms. The smallest absolute Gasteiger partial charge is 0.343 e. The number of benzene rings is 4. The van der Waals surface area contributed by atoms with Crippen molar-refractivity contribution in [1.29, 1.82) is 0 Å². The Labute approximate surface area is 395 Å². The van der Waals surface area contributed by atoms with Crippen LogP contribution in [0.5, 0.6) is 23.0 Å². The van der Waals surface area contributed by atoms with Crippen molar-refractivity contribution in [2.45, 2.75) is 76.8 Å². The van der Waals surface area contributed by atoms with Gasteiger partial charge in [0.05, 0.1) is 61.9 Å². The summed E-state index contributed by atoms with van der Waals surface area (Å²) in [7, 11) is 0. The molecule has 0 saturated carbocycles. The number of carbonyl (C=O) groups is 6. The van der Waals surface area contributed by atoms with Gasteiger partial charge in [0, 0.05) is 12.2 Å². The van der Waals surface area contributed by atoms with Crippen molar-refractivity contribution < 1.29 is 76.1 Å². The molecule has 1 fully saturated rings. The summed E-state index contributed by atoms with van der Waals surface area (Å²) in [6.45, 7) is 8.69. The van der Waals surface area contributed by atoms with Crippen LogP contribution in [0.4, 0.5) is 0 Å². The van der Waals surface area contributed by atoms with Crippen LogP contribution in [0.1, 0.15) is 106 Å². The maximum atomic E-state index is 13.1. The quantitative estimate of drug-likeness (QED) is 0.0172. The second kappa shape index (κ2) is 28.7. The highest BCUT2D eigenvalue weighted by atomic mass is 16.8. The molecule has 0 unspecified atom stereocenters. The van der Waals surface area contributed by atoms with Gasteiger partial charge in [-0.3, -0.25) is 0 Å². The average molecular weight is 937 g/mol. The second-order valence-corrected chi connectivity index (χ2v) is 15.1. The van der Waals surface area contributed by atoms with Gasteiger partial charge in [-0.05, 0) is 123 Å². The zero-order chi connectivity index (χ0) is 48.4. The zero-order valence-corrected chi connectivity index (χ0v) is 37.8. The molecular formula is C52H56O16. The summed E-state index contributed by atoms with van der Waals surface area (Å²) in [6.07, 6.45) is 8.66. The van der Waals surface area contributed by atoms with Crippen LogP contribution in [0.25, 0.3) is 0 Å². The van der Waals surface area contributed by atoms with Crippen LogP contribution >= 0.6 is 0 Å². The van der Waals surface area contributed by atoms with Gasteiger partial charge in [0.2, 0.25) is 0 Å². The van der Waals surface area contributed by atoms with E-state index in [4.69, 9.17) is 47.4 Å². The van der Waals surface area contributed by atoms with Gasteiger partial charge in [-0.15, -0.1) is 0 Å². The SMILES string of the molecule is C=CC(=O)OCCCCCCCOc1ccc(C(=O)Oc2ccc(C(=O)O[C@@H]3OCCO[C@H]3OC(=O)c3ccc(OC(=O)c4ccc(OCCCCCCCOC(=O)C=C)cc4)cc3)cc2)cc1. The Morgan fingerprint density at radius 2 is 0.706 bits per heavy atom. The van der Waals surface area contributed by atoms with Crippen LogP contribution in [0.15, 0.2) is 122 Å². The number of unbranched alkanes of at least 4 members (excludes halogenated alkanes) is 8. The monoisotopic (exact) mass is 936 g/mol. The minimum atomic E-state index is -1.38. The molecule has 0 aliphatic carbocycles. The summed E-state index contributed by atoms with van der Waals surface area (Å²) in [5.41, 5.74) is 0.818. The summed E-state index contributed by atoms with van der Waals surface area (Å²) in [4.78, 5) is 73.8. The van der Waals surface area contributed by atoms with E-state index < -0.39 is 48.4 Å². The van der Waals surface area contributed by atoms with Gasteiger partial charge in [-0.2, -0.15) is 0 Å². The maximum Gasteiger partial charge on any atom is 0.343 e. The lowest BCUT2D eigenvalue weighted by Crippen LogP contribution is -2.44. The number of ether oxygens (including phenoxy) is 10. The first-order chi connectivity index (χ1) is 33.1. The molecule has 360 valence electrons. The molecule has 0 spiro atoms. The molecule has 2 atom stereocenters. The molecule has 5 rings (SSSR count). The van der Waals surface area contributed by atoms with Gasteiger partial charge in [0.15, 0.2) is 0 Å². The first-order valence-electron chi connectivity index (χ1n) is 22.5. The number of carbonyl (C=O) groups excluding carboxylic acids is 6. The Morgan fingerprint density at radius 3 is 1.04 bits per heavy atom. The fraction of sp³-hybridized carbons (Fsp3) is 0.346. The van der Waals surface area contributed by atoms with Crippen molar-refractivity contribution in [3.8, 4) is 23.0 Å². The van der Waals surface area contributed by atoms with E-state index in [2.05, 4.69) is 13.2 Å². The van der Waals surface area contributed by atoms with Crippen LogP contribution in [0, 0.1) is 0 Å². The predicted molar refractivity (Wildman–Crippen MR) is 245 cm³/mol. The van der Waals surface area contributed by atoms with Crippen LogP contribution in [0.2, 0.25) is 0 Å². The third-order valence-corrected chi connectivity index (χ3v) is 10.0. The highest BCUT2D eigenvalue weighted by Gasteiger charge is 2.34. The third-order valence-electron chi connectivity index (χ3n) is 10.0. The summed E-state index contributed by atoms with van der Waals surface area (Å²) in [6, 6.07) is 24.5. The molecule has 16 nitrogen and oxygen atoms in total. The average Bonchev–Trinajstić information content (AvgIpc) is 3.36. The molecule has 0 N–H and O–H groups in total. The van der Waals surface area contributed by atoms with Crippen LogP contribution < -0.4 is 18.9 Å². The van der Waals surface area contributed by atoms with E-state index in [-0.39, 0.29) is 35.8 Å². The fourth-order valence-electron chi connectivity index (χ4n) is 6.35. The molecule has 1 saturated heterocycles. The molecule has 68 heavy (non-hydrogen) atoms. The van der Waals surface area contributed by atoms with E-state index in [1.807, 2.05) is 0 Å². The van der Waals surface area contributed by atoms with Crippen LogP contribution in [0.3, 0.4) is 0 Å². The van der Waals surface area contributed by atoms with Crippen molar-refractivity contribution in [3.05, 3.63) is 145 Å². The van der Waals surface area contributed by atoms with Crippen LogP contribution in [-0.2, 0) is 38.0 Å². The van der Waals surface area contributed by atoms with E-state index in [1.165, 1.54) is 48.5 Å². The van der Waals surface area contributed by atoms with Crippen LogP contribution in [-0.4, -0.2) is 88.0 Å². The van der Waals surface area contributed by atoms with Gasteiger partial charge in [0.25, 0.3) is 12.6 Å². The minimum absolute atomic E-state index is 0.0727. The number of esters is 6. The van der Waals surface area contributed by atoms with Crippen molar-refractivity contribution in [3.63, 3.8) is 0 Å². The first-order valence-corrected chi connectivity index (χ1v) is 22.5. The van der Waals surface area contributed by atoms with Crippen molar-refractivity contribution in [1.82, 2.24) is 0 Å². The van der Waals surface area contributed by atoms with E-state index in [0.29, 0.717) is 49.1 Å². The normalized spacial score (nSPS) is 14.1. The number of rotatable bonds is 28. The van der Waals surface area contributed by atoms with Gasteiger partial charge in [-0.1, -0.05) is 51.7 Å². The molecule has 4 aromatic rings. The van der Waals surface area contributed by atoms with Gasteiger partial charge < -0.3 is 47.4 Å². The van der Waals surface area contributed by atoms with Gasteiger partial charge in [0.1, 0.15) is 23.0 Å². The third kappa shape index (κ3) is 18.2. The Morgan fingerprint density at radius 1 is 0.412 bits per heavy atom. The lowest BCUT2D eigenvalue weighted by Gasteiger charge is -2.30. The Balaban J connectivity index is 0.985. The lowest BCUT2D eigenvalue weighted by atomic mass is 10.1. The molecular weight excluding hydrogens is 881 g/mol. The zero-order valence-electron chi connectivity index (χ0n) is 37.8. The Kier molecular flexibility index (Phi) is 21.8.